The van der Waals surface area contributed by atoms with Crippen molar-refractivity contribution in [2.24, 2.45) is 5.92 Å². The van der Waals surface area contributed by atoms with Crippen LogP contribution in [0.4, 0.5) is 0 Å². The van der Waals surface area contributed by atoms with Gasteiger partial charge in [-0.1, -0.05) is 19.0 Å². The molecule has 1 unspecified atom stereocenters. The van der Waals surface area contributed by atoms with Gasteiger partial charge in [-0.15, -0.1) is 0 Å². The van der Waals surface area contributed by atoms with E-state index in [1.54, 1.807) is 0 Å². The van der Waals surface area contributed by atoms with Crippen molar-refractivity contribution in [2.75, 3.05) is 6.54 Å². The van der Waals surface area contributed by atoms with Crippen molar-refractivity contribution in [2.45, 2.75) is 40.3 Å². The van der Waals surface area contributed by atoms with Crippen LogP contribution < -0.4 is 10.6 Å². The zero-order valence-electron chi connectivity index (χ0n) is 10.9. The Balaban J connectivity index is 2.29. The lowest BCUT2D eigenvalue weighted by molar-refractivity contribution is -0.122. The smallest absolute Gasteiger partial charge is 0.236 e. The predicted molar refractivity (Wildman–Crippen MR) is 65.4 cm³/mol. The average Bonchev–Trinajstić information content (AvgIpc) is 2.68. The average molecular weight is 239 g/mol. The van der Waals surface area contributed by atoms with Crippen LogP contribution in [0.2, 0.25) is 0 Å². The highest BCUT2D eigenvalue weighted by Gasteiger charge is 2.12. The normalized spacial score (nSPS) is 12.8. The van der Waals surface area contributed by atoms with Crippen LogP contribution in [0.5, 0.6) is 0 Å². The molecule has 1 heterocycles. The molecule has 0 aliphatic heterocycles. The number of hydrogen-bond acceptors (Lipinski definition) is 4. The first-order chi connectivity index (χ1) is 7.99. The molecule has 1 aromatic heterocycles. The molecule has 17 heavy (non-hydrogen) atoms. The molecule has 0 spiro atoms. The van der Waals surface area contributed by atoms with Gasteiger partial charge in [0.2, 0.25) is 5.91 Å². The number of aryl methyl sites for hydroxylation is 1. The van der Waals surface area contributed by atoms with Gasteiger partial charge in [0.1, 0.15) is 0 Å². The maximum atomic E-state index is 11.7. The van der Waals surface area contributed by atoms with Crippen molar-refractivity contribution in [3.63, 3.8) is 0 Å². The molecule has 1 atom stereocenters. The molecule has 96 valence electrons. The van der Waals surface area contributed by atoms with Gasteiger partial charge in [-0.25, -0.2) is 0 Å². The molecule has 5 nitrogen and oxygen atoms in total. The summed E-state index contributed by atoms with van der Waals surface area (Å²) in [6.45, 7) is 9.04. The van der Waals surface area contributed by atoms with E-state index >= 15 is 0 Å². The minimum absolute atomic E-state index is 0.00920. The lowest BCUT2D eigenvalue weighted by atomic mass is 10.2. The molecule has 2 N–H and O–H groups in total. The largest absolute Gasteiger partial charge is 0.360 e. The summed E-state index contributed by atoms with van der Waals surface area (Å²) in [5, 5.41) is 9.75. The summed E-state index contributed by atoms with van der Waals surface area (Å²) < 4.78 is 5.05. The maximum absolute atomic E-state index is 11.7. The number of nitrogens with one attached hydrogen (secondary N) is 2. The van der Waals surface area contributed by atoms with Gasteiger partial charge >= 0.3 is 0 Å². The molecule has 1 amide bonds. The standard InChI is InChI=1S/C12H21N3O2/c1-8(2)6-14-12(16)10(4)13-7-11-5-9(3)15-17-11/h5,8,10,13H,6-7H2,1-4H3,(H,14,16). The van der Waals surface area contributed by atoms with Gasteiger partial charge in [0.15, 0.2) is 5.76 Å². The van der Waals surface area contributed by atoms with E-state index in [1.165, 1.54) is 0 Å². The molecule has 0 saturated heterocycles. The first-order valence-electron chi connectivity index (χ1n) is 5.92. The maximum Gasteiger partial charge on any atom is 0.236 e. The monoisotopic (exact) mass is 239 g/mol. The van der Waals surface area contributed by atoms with Crippen LogP contribution in [0.25, 0.3) is 0 Å². The second kappa shape index (κ2) is 6.39. The van der Waals surface area contributed by atoms with E-state index in [4.69, 9.17) is 4.52 Å². The highest BCUT2D eigenvalue weighted by atomic mass is 16.5. The zero-order chi connectivity index (χ0) is 12.8. The van der Waals surface area contributed by atoms with Gasteiger partial charge in [-0.05, 0) is 19.8 Å². The molecule has 0 saturated carbocycles. The molecule has 0 aromatic carbocycles. The Morgan fingerprint density at radius 1 is 1.47 bits per heavy atom. The third-order valence-corrected chi connectivity index (χ3v) is 2.34. The molecule has 0 aliphatic carbocycles. The van der Waals surface area contributed by atoms with Gasteiger partial charge in [0.25, 0.3) is 0 Å². The Hall–Kier alpha value is -1.36. The van der Waals surface area contributed by atoms with Crippen molar-refractivity contribution in [3.8, 4) is 0 Å². The van der Waals surface area contributed by atoms with Crippen LogP contribution in [0, 0.1) is 12.8 Å². The molecular weight excluding hydrogens is 218 g/mol. The van der Waals surface area contributed by atoms with E-state index in [9.17, 15) is 4.79 Å². The van der Waals surface area contributed by atoms with E-state index in [0.29, 0.717) is 19.0 Å². The van der Waals surface area contributed by atoms with Crippen molar-refractivity contribution in [1.82, 2.24) is 15.8 Å². The highest BCUT2D eigenvalue weighted by molar-refractivity contribution is 5.81. The zero-order valence-corrected chi connectivity index (χ0v) is 10.9. The fraction of sp³-hybridized carbons (Fsp3) is 0.667. The first kappa shape index (κ1) is 13.7. The molecule has 5 heteroatoms. The Morgan fingerprint density at radius 2 is 2.18 bits per heavy atom. The fourth-order valence-electron chi connectivity index (χ4n) is 1.30. The fourth-order valence-corrected chi connectivity index (χ4v) is 1.30. The number of carbonyl (C=O) groups excluding carboxylic acids is 1. The molecule has 0 fully saturated rings. The minimum Gasteiger partial charge on any atom is -0.360 e. The molecule has 0 radical (unpaired) electrons. The molecule has 0 bridgehead atoms. The second-order valence-electron chi connectivity index (χ2n) is 4.68. The summed E-state index contributed by atoms with van der Waals surface area (Å²) in [5.41, 5.74) is 0.846. The van der Waals surface area contributed by atoms with Gasteiger partial charge in [0.05, 0.1) is 18.3 Å². The number of rotatable bonds is 6. The molecule has 0 aliphatic rings. The summed E-state index contributed by atoms with van der Waals surface area (Å²) in [5.74, 6) is 1.21. The molecular formula is C12H21N3O2. The van der Waals surface area contributed by atoms with Gasteiger partial charge < -0.3 is 9.84 Å². The number of aromatic nitrogens is 1. The predicted octanol–water partition coefficient (Wildman–Crippen LogP) is 1.23. The van der Waals surface area contributed by atoms with E-state index < -0.39 is 0 Å². The summed E-state index contributed by atoms with van der Waals surface area (Å²) in [7, 11) is 0. The molecule has 1 aromatic rings. The highest BCUT2D eigenvalue weighted by Crippen LogP contribution is 2.01. The first-order valence-corrected chi connectivity index (χ1v) is 5.92. The third kappa shape index (κ3) is 4.99. The Labute approximate surface area is 102 Å². The Bertz CT molecular complexity index is 360. The topological polar surface area (TPSA) is 67.2 Å². The number of carbonyl (C=O) groups is 1. The summed E-state index contributed by atoms with van der Waals surface area (Å²) in [6, 6.07) is 1.62. The molecule has 1 rings (SSSR count). The van der Waals surface area contributed by atoms with Gasteiger partial charge in [-0.2, -0.15) is 0 Å². The number of nitrogens with zero attached hydrogens (tertiary/aromatic N) is 1. The summed E-state index contributed by atoms with van der Waals surface area (Å²) in [6.07, 6.45) is 0. The van der Waals surface area contributed by atoms with E-state index in [-0.39, 0.29) is 11.9 Å². The van der Waals surface area contributed by atoms with Crippen LogP contribution in [-0.4, -0.2) is 23.7 Å². The second-order valence-corrected chi connectivity index (χ2v) is 4.68. The minimum atomic E-state index is -0.237. The number of hydrogen-bond donors (Lipinski definition) is 2. The van der Waals surface area contributed by atoms with Crippen LogP contribution in [0.3, 0.4) is 0 Å². The number of amides is 1. The van der Waals surface area contributed by atoms with Crippen LogP contribution in [0.15, 0.2) is 10.6 Å². The quantitative estimate of drug-likeness (QED) is 0.783. The van der Waals surface area contributed by atoms with Crippen molar-refractivity contribution < 1.29 is 9.32 Å². The van der Waals surface area contributed by atoms with Crippen molar-refractivity contribution in [3.05, 3.63) is 17.5 Å². The lowest BCUT2D eigenvalue weighted by Gasteiger charge is -2.14. The van der Waals surface area contributed by atoms with Gasteiger partial charge in [0, 0.05) is 12.6 Å². The Morgan fingerprint density at radius 3 is 2.71 bits per heavy atom. The van der Waals surface area contributed by atoms with Gasteiger partial charge in [-0.3, -0.25) is 10.1 Å². The van der Waals surface area contributed by atoms with Crippen LogP contribution in [0.1, 0.15) is 32.2 Å². The summed E-state index contributed by atoms with van der Waals surface area (Å²) >= 11 is 0. The van der Waals surface area contributed by atoms with Crippen molar-refractivity contribution in [1.29, 1.82) is 0 Å². The van der Waals surface area contributed by atoms with E-state index in [2.05, 4.69) is 29.6 Å². The Kier molecular flexibility index (Phi) is 5.15. The van der Waals surface area contributed by atoms with Crippen molar-refractivity contribution >= 4 is 5.91 Å². The van der Waals surface area contributed by atoms with E-state index in [1.807, 2.05) is 19.9 Å². The van der Waals surface area contributed by atoms with Crippen LogP contribution in [-0.2, 0) is 11.3 Å². The lowest BCUT2D eigenvalue weighted by Crippen LogP contribution is -2.42. The van der Waals surface area contributed by atoms with Crippen LogP contribution >= 0.6 is 0 Å². The third-order valence-electron chi connectivity index (χ3n) is 2.34. The summed E-state index contributed by atoms with van der Waals surface area (Å²) in [4.78, 5) is 11.7. The van der Waals surface area contributed by atoms with E-state index in [0.717, 1.165) is 11.5 Å². The SMILES string of the molecule is Cc1cc(CNC(C)C(=O)NCC(C)C)on1.